The van der Waals surface area contributed by atoms with Gasteiger partial charge in [-0.3, -0.25) is 14.4 Å². The lowest BCUT2D eigenvalue weighted by Gasteiger charge is -2.40. The molecule has 6 atom stereocenters. The van der Waals surface area contributed by atoms with Crippen molar-refractivity contribution >= 4 is 23.9 Å². The fraction of sp³-hybridized carbons (Fsp3) is 0.934. The van der Waals surface area contributed by atoms with E-state index in [0.717, 1.165) is 57.8 Å². The SMILES string of the molecule is CCCCCCCCCCCCCCCCCCCC(=O)OCC(COC1OC(C(=O)O)C(O)C(O)C1OC(=O)CCCCCCCCCCCCCCCCCCC)OC(=O)CCCCCCCCCCC. The molecule has 0 aromatic carbocycles. The first-order valence-electron chi connectivity index (χ1n) is 31.0. The number of carboxylic acid groups (broad SMARTS) is 1. The molecule has 0 aromatic heterocycles. The lowest BCUT2D eigenvalue weighted by atomic mass is 9.98. The summed E-state index contributed by atoms with van der Waals surface area (Å²) in [5.74, 6) is -3.07. The first kappa shape index (κ1) is 68.7. The number of aliphatic carboxylic acids is 1. The maximum Gasteiger partial charge on any atom is 0.335 e. The van der Waals surface area contributed by atoms with Crippen LogP contribution in [0.4, 0.5) is 0 Å². The molecule has 12 nitrogen and oxygen atoms in total. The Morgan fingerprint density at radius 3 is 1.03 bits per heavy atom. The Hall–Kier alpha value is -2.28. The summed E-state index contributed by atoms with van der Waals surface area (Å²) in [5, 5.41) is 31.5. The molecule has 0 saturated carbocycles. The number of hydrogen-bond donors (Lipinski definition) is 3. The number of rotatable bonds is 54. The molecule has 0 spiro atoms. The minimum atomic E-state index is -1.89. The monoisotopic (exact) mass is 1040 g/mol. The quantitative estimate of drug-likeness (QED) is 0.0299. The number of carbonyl (C=O) groups excluding carboxylic acids is 3. The zero-order valence-corrected chi connectivity index (χ0v) is 47.4. The van der Waals surface area contributed by atoms with Gasteiger partial charge in [-0.15, -0.1) is 0 Å². The van der Waals surface area contributed by atoms with Gasteiger partial charge in [-0.25, -0.2) is 4.79 Å². The van der Waals surface area contributed by atoms with Gasteiger partial charge in [-0.05, 0) is 19.3 Å². The molecule has 0 aliphatic carbocycles. The molecule has 73 heavy (non-hydrogen) atoms. The van der Waals surface area contributed by atoms with Gasteiger partial charge in [0.2, 0.25) is 0 Å². The predicted molar refractivity (Wildman–Crippen MR) is 294 cm³/mol. The van der Waals surface area contributed by atoms with Crippen LogP contribution in [0.15, 0.2) is 0 Å². The van der Waals surface area contributed by atoms with E-state index in [1.807, 2.05) is 0 Å². The third kappa shape index (κ3) is 40.6. The van der Waals surface area contributed by atoms with E-state index in [0.29, 0.717) is 19.3 Å². The Morgan fingerprint density at radius 1 is 0.397 bits per heavy atom. The average molecular weight is 1040 g/mol. The van der Waals surface area contributed by atoms with Crippen molar-refractivity contribution in [2.75, 3.05) is 13.2 Å². The molecule has 1 aliphatic heterocycles. The van der Waals surface area contributed by atoms with Crippen LogP contribution in [0.2, 0.25) is 0 Å². The molecule has 1 heterocycles. The van der Waals surface area contributed by atoms with E-state index < -0.39 is 67.3 Å². The zero-order valence-electron chi connectivity index (χ0n) is 47.4. The van der Waals surface area contributed by atoms with Crippen LogP contribution in [0.1, 0.15) is 316 Å². The number of carbonyl (C=O) groups is 4. The summed E-state index contributed by atoms with van der Waals surface area (Å²) in [4.78, 5) is 51.0. The number of aliphatic hydroxyl groups is 2. The molecule has 12 heteroatoms. The van der Waals surface area contributed by atoms with Crippen molar-refractivity contribution in [1.82, 2.24) is 0 Å². The molecule has 0 aromatic rings. The van der Waals surface area contributed by atoms with E-state index in [1.165, 1.54) is 199 Å². The van der Waals surface area contributed by atoms with Gasteiger partial charge in [0.05, 0.1) is 6.61 Å². The van der Waals surface area contributed by atoms with Crippen LogP contribution in [0.5, 0.6) is 0 Å². The molecule has 430 valence electrons. The fourth-order valence-electron chi connectivity index (χ4n) is 9.90. The third-order valence-corrected chi connectivity index (χ3v) is 14.7. The third-order valence-electron chi connectivity index (χ3n) is 14.7. The predicted octanol–water partition coefficient (Wildman–Crippen LogP) is 15.9. The van der Waals surface area contributed by atoms with Crippen molar-refractivity contribution in [3.63, 3.8) is 0 Å². The zero-order chi connectivity index (χ0) is 53.3. The average Bonchev–Trinajstić information content (AvgIpc) is 3.37. The van der Waals surface area contributed by atoms with Crippen molar-refractivity contribution in [1.29, 1.82) is 0 Å². The molecule has 1 fully saturated rings. The number of carboxylic acids is 1. The van der Waals surface area contributed by atoms with E-state index in [9.17, 15) is 34.5 Å². The van der Waals surface area contributed by atoms with Crippen molar-refractivity contribution in [2.24, 2.45) is 0 Å². The van der Waals surface area contributed by atoms with Gasteiger partial charge in [-0.2, -0.15) is 0 Å². The molecule has 6 unspecified atom stereocenters. The largest absolute Gasteiger partial charge is 0.479 e. The van der Waals surface area contributed by atoms with Gasteiger partial charge >= 0.3 is 23.9 Å². The Balaban J connectivity index is 2.59. The maximum absolute atomic E-state index is 13.1. The molecular formula is C61H114O12. The summed E-state index contributed by atoms with van der Waals surface area (Å²) in [7, 11) is 0. The smallest absolute Gasteiger partial charge is 0.335 e. The Bertz CT molecular complexity index is 1280. The number of unbranched alkanes of at least 4 members (excludes halogenated alkanes) is 40. The summed E-state index contributed by atoms with van der Waals surface area (Å²) in [6.07, 6.45) is 42.3. The molecule has 0 radical (unpaired) electrons. The van der Waals surface area contributed by atoms with Crippen LogP contribution in [0.25, 0.3) is 0 Å². The lowest BCUT2D eigenvalue weighted by molar-refractivity contribution is -0.301. The highest BCUT2D eigenvalue weighted by molar-refractivity contribution is 5.74. The Labute approximate surface area is 446 Å². The van der Waals surface area contributed by atoms with Crippen molar-refractivity contribution in [2.45, 2.75) is 353 Å². The summed E-state index contributed by atoms with van der Waals surface area (Å²) >= 11 is 0. The van der Waals surface area contributed by atoms with Gasteiger partial charge in [0.15, 0.2) is 24.6 Å². The highest BCUT2D eigenvalue weighted by Gasteiger charge is 2.50. The number of ether oxygens (including phenoxy) is 5. The minimum absolute atomic E-state index is 0.0709. The molecule has 0 amide bonds. The van der Waals surface area contributed by atoms with Gasteiger partial charge in [0.1, 0.15) is 18.8 Å². The number of esters is 3. The number of aliphatic hydroxyl groups excluding tert-OH is 2. The lowest BCUT2D eigenvalue weighted by Crippen LogP contribution is -2.61. The van der Waals surface area contributed by atoms with E-state index in [-0.39, 0.29) is 25.9 Å². The standard InChI is InChI=1S/C61H114O12/c1-4-7-10-13-16-19-21-23-25-27-29-31-33-36-38-41-44-47-53(62)69-50-52(71-54(63)48-45-42-39-35-18-15-12-9-6-3)51-70-61-59(57(66)56(65)58(73-61)60(67)68)72-55(64)49-46-43-40-37-34-32-30-28-26-24-22-20-17-14-11-8-5-2/h52,56-59,61,65-66H,4-51H2,1-3H3,(H,67,68). The first-order chi connectivity index (χ1) is 35.6. The van der Waals surface area contributed by atoms with Gasteiger partial charge in [-0.1, -0.05) is 278 Å². The number of hydrogen-bond acceptors (Lipinski definition) is 11. The second-order valence-electron chi connectivity index (χ2n) is 21.7. The van der Waals surface area contributed by atoms with E-state index in [4.69, 9.17) is 23.7 Å². The van der Waals surface area contributed by atoms with E-state index >= 15 is 0 Å². The highest BCUT2D eigenvalue weighted by Crippen LogP contribution is 2.27. The van der Waals surface area contributed by atoms with Crippen LogP contribution in [-0.2, 0) is 42.9 Å². The van der Waals surface area contributed by atoms with E-state index in [2.05, 4.69) is 20.8 Å². The highest BCUT2D eigenvalue weighted by atomic mass is 16.7. The van der Waals surface area contributed by atoms with Crippen LogP contribution in [0.3, 0.4) is 0 Å². The second-order valence-corrected chi connectivity index (χ2v) is 21.7. The van der Waals surface area contributed by atoms with Crippen molar-refractivity contribution in [3.05, 3.63) is 0 Å². The molecule has 1 saturated heterocycles. The normalized spacial score (nSPS) is 18.2. The molecular weight excluding hydrogens is 925 g/mol. The van der Waals surface area contributed by atoms with Crippen LogP contribution in [-0.4, -0.2) is 89.2 Å². The van der Waals surface area contributed by atoms with Crippen molar-refractivity contribution < 1.29 is 58.2 Å². The molecule has 0 bridgehead atoms. The topological polar surface area (TPSA) is 175 Å². The minimum Gasteiger partial charge on any atom is -0.479 e. The molecule has 1 rings (SSSR count). The van der Waals surface area contributed by atoms with Crippen LogP contribution >= 0.6 is 0 Å². The van der Waals surface area contributed by atoms with E-state index in [1.54, 1.807) is 0 Å². The summed E-state index contributed by atoms with van der Waals surface area (Å²) in [6.45, 7) is 6.02. The first-order valence-corrected chi connectivity index (χ1v) is 31.0. The maximum atomic E-state index is 13.1. The van der Waals surface area contributed by atoms with Crippen molar-refractivity contribution in [3.8, 4) is 0 Å². The summed E-state index contributed by atoms with van der Waals surface area (Å²) in [6, 6.07) is 0. The van der Waals surface area contributed by atoms with Gasteiger partial charge in [0, 0.05) is 19.3 Å². The summed E-state index contributed by atoms with van der Waals surface area (Å²) < 4.78 is 28.4. The fourth-order valence-corrected chi connectivity index (χ4v) is 9.90. The second kappa shape index (κ2) is 50.5. The summed E-state index contributed by atoms with van der Waals surface area (Å²) in [5.41, 5.74) is 0. The molecule has 3 N–H and O–H groups in total. The van der Waals surface area contributed by atoms with Gasteiger partial charge < -0.3 is 39.0 Å². The van der Waals surface area contributed by atoms with Crippen LogP contribution < -0.4 is 0 Å². The van der Waals surface area contributed by atoms with Crippen LogP contribution in [0, 0.1) is 0 Å². The Morgan fingerprint density at radius 2 is 0.699 bits per heavy atom. The van der Waals surface area contributed by atoms with Gasteiger partial charge in [0.25, 0.3) is 0 Å². The Kier molecular flexibility index (Phi) is 47.6. The molecule has 1 aliphatic rings.